The molecule has 24 heavy (non-hydrogen) atoms. The van der Waals surface area contributed by atoms with Gasteiger partial charge in [-0.05, 0) is 36.3 Å². The fraction of sp³-hybridized carbons (Fsp3) is 0.600. The Morgan fingerprint density at radius 2 is 1.67 bits per heavy atom. The predicted octanol–water partition coefficient (Wildman–Crippen LogP) is 2.52. The highest BCUT2D eigenvalue weighted by molar-refractivity contribution is 6.01. The lowest BCUT2D eigenvalue weighted by atomic mass is 9.84. The van der Waals surface area contributed by atoms with Crippen molar-refractivity contribution in [3.63, 3.8) is 0 Å². The standard InChI is InChI=1S/C20H30O4/c1-4-7-9-14(6-3)13-17-15(10-8-5-2)11-12-16(19(21)22)18(17)20(23)24/h11-12,14H,4-10,13H2,1-3H3,(H,21,22)(H,23,24)/p-2. The van der Waals surface area contributed by atoms with Crippen molar-refractivity contribution in [3.05, 3.63) is 34.4 Å². The Labute approximate surface area is 144 Å². The van der Waals surface area contributed by atoms with E-state index in [0.29, 0.717) is 17.9 Å². The van der Waals surface area contributed by atoms with Crippen LogP contribution in [0, 0.1) is 5.92 Å². The van der Waals surface area contributed by atoms with E-state index in [1.165, 1.54) is 6.07 Å². The number of carbonyl (C=O) groups is 2. The van der Waals surface area contributed by atoms with Crippen molar-refractivity contribution < 1.29 is 19.8 Å². The summed E-state index contributed by atoms with van der Waals surface area (Å²) >= 11 is 0. The molecule has 134 valence electrons. The van der Waals surface area contributed by atoms with Gasteiger partial charge in [0.2, 0.25) is 0 Å². The van der Waals surface area contributed by atoms with Crippen LogP contribution in [-0.4, -0.2) is 11.9 Å². The normalized spacial score (nSPS) is 12.1. The van der Waals surface area contributed by atoms with Crippen LogP contribution in [0.1, 0.15) is 91.1 Å². The van der Waals surface area contributed by atoms with Crippen LogP contribution in [-0.2, 0) is 12.8 Å². The van der Waals surface area contributed by atoms with Crippen LogP contribution in [0.25, 0.3) is 0 Å². The molecule has 1 atom stereocenters. The second kappa shape index (κ2) is 10.1. The number of carboxylic acids is 2. The van der Waals surface area contributed by atoms with E-state index in [0.717, 1.165) is 50.5 Å². The van der Waals surface area contributed by atoms with Gasteiger partial charge in [-0.25, -0.2) is 0 Å². The molecule has 1 unspecified atom stereocenters. The van der Waals surface area contributed by atoms with E-state index in [1.807, 2.05) is 0 Å². The minimum Gasteiger partial charge on any atom is -0.545 e. The largest absolute Gasteiger partial charge is 0.545 e. The Hall–Kier alpha value is -1.84. The molecule has 4 heteroatoms. The van der Waals surface area contributed by atoms with Gasteiger partial charge in [0, 0.05) is 11.1 Å². The van der Waals surface area contributed by atoms with E-state index in [9.17, 15) is 19.8 Å². The third kappa shape index (κ3) is 5.36. The van der Waals surface area contributed by atoms with Gasteiger partial charge in [0.1, 0.15) is 0 Å². The monoisotopic (exact) mass is 332 g/mol. The summed E-state index contributed by atoms with van der Waals surface area (Å²) in [7, 11) is 0. The van der Waals surface area contributed by atoms with Crippen LogP contribution in [0.5, 0.6) is 0 Å². The van der Waals surface area contributed by atoms with Gasteiger partial charge in [-0.15, -0.1) is 0 Å². The van der Waals surface area contributed by atoms with Crippen LogP contribution in [0.15, 0.2) is 12.1 Å². The first kappa shape index (κ1) is 20.2. The minimum absolute atomic E-state index is 0.182. The summed E-state index contributed by atoms with van der Waals surface area (Å²) in [6.07, 6.45) is 7.40. The summed E-state index contributed by atoms with van der Waals surface area (Å²) in [5, 5.41) is 23.0. The lowest BCUT2D eigenvalue weighted by Crippen LogP contribution is -2.32. The second-order valence-corrected chi connectivity index (χ2v) is 6.42. The Bertz CT molecular complexity index is 563. The average molecular weight is 332 g/mol. The van der Waals surface area contributed by atoms with Gasteiger partial charge in [-0.2, -0.15) is 0 Å². The van der Waals surface area contributed by atoms with Gasteiger partial charge >= 0.3 is 0 Å². The maximum absolute atomic E-state index is 11.7. The summed E-state index contributed by atoms with van der Waals surface area (Å²) < 4.78 is 0. The molecule has 0 aliphatic heterocycles. The second-order valence-electron chi connectivity index (χ2n) is 6.42. The van der Waals surface area contributed by atoms with E-state index in [2.05, 4.69) is 20.8 Å². The first-order chi connectivity index (χ1) is 11.5. The summed E-state index contributed by atoms with van der Waals surface area (Å²) in [5.74, 6) is -2.53. The smallest absolute Gasteiger partial charge is 0.0724 e. The van der Waals surface area contributed by atoms with Gasteiger partial charge in [-0.3, -0.25) is 0 Å². The van der Waals surface area contributed by atoms with Gasteiger partial charge in [0.25, 0.3) is 0 Å². The molecule has 0 heterocycles. The first-order valence-electron chi connectivity index (χ1n) is 9.03. The summed E-state index contributed by atoms with van der Waals surface area (Å²) in [6, 6.07) is 3.09. The molecule has 1 rings (SSSR count). The van der Waals surface area contributed by atoms with Crippen LogP contribution in [0.3, 0.4) is 0 Å². The Balaban J connectivity index is 3.34. The number of carboxylic acid groups (broad SMARTS) is 2. The van der Waals surface area contributed by atoms with Crippen molar-refractivity contribution in [3.8, 4) is 0 Å². The fourth-order valence-electron chi connectivity index (χ4n) is 3.16. The number of aromatic carboxylic acids is 2. The lowest BCUT2D eigenvalue weighted by molar-refractivity contribution is -0.259. The number of aryl methyl sites for hydroxylation is 1. The number of hydrogen-bond acceptors (Lipinski definition) is 4. The lowest BCUT2D eigenvalue weighted by Gasteiger charge is -2.23. The highest BCUT2D eigenvalue weighted by atomic mass is 16.4. The topological polar surface area (TPSA) is 80.3 Å². The predicted molar refractivity (Wildman–Crippen MR) is 90.7 cm³/mol. The summed E-state index contributed by atoms with van der Waals surface area (Å²) in [6.45, 7) is 6.29. The highest BCUT2D eigenvalue weighted by Crippen LogP contribution is 2.27. The molecule has 0 saturated heterocycles. The van der Waals surface area contributed by atoms with E-state index in [-0.39, 0.29) is 11.1 Å². The third-order valence-electron chi connectivity index (χ3n) is 4.67. The van der Waals surface area contributed by atoms with E-state index >= 15 is 0 Å². The van der Waals surface area contributed by atoms with Crippen molar-refractivity contribution in [2.45, 2.75) is 72.1 Å². The molecule has 0 bridgehead atoms. The SMILES string of the molecule is CCCCc1ccc(C(=O)[O-])c(C(=O)[O-])c1CC(CC)CCCC. The first-order valence-corrected chi connectivity index (χ1v) is 9.03. The van der Waals surface area contributed by atoms with Gasteiger partial charge in [-0.1, -0.05) is 65.0 Å². The maximum Gasteiger partial charge on any atom is 0.0724 e. The number of unbranched alkanes of at least 4 members (excludes halogenated alkanes) is 2. The van der Waals surface area contributed by atoms with Crippen molar-refractivity contribution >= 4 is 11.9 Å². The van der Waals surface area contributed by atoms with Crippen molar-refractivity contribution in [1.29, 1.82) is 0 Å². The molecular formula is C20H28O4-2. The van der Waals surface area contributed by atoms with Crippen LogP contribution < -0.4 is 10.2 Å². The number of hydrogen-bond donors (Lipinski definition) is 0. The number of rotatable bonds is 11. The van der Waals surface area contributed by atoms with Crippen molar-refractivity contribution in [2.24, 2.45) is 5.92 Å². The highest BCUT2D eigenvalue weighted by Gasteiger charge is 2.18. The third-order valence-corrected chi connectivity index (χ3v) is 4.67. The Morgan fingerprint density at radius 1 is 1.00 bits per heavy atom. The molecule has 0 spiro atoms. The number of benzene rings is 1. The van der Waals surface area contributed by atoms with Gasteiger partial charge in [0.05, 0.1) is 11.9 Å². The molecular weight excluding hydrogens is 304 g/mol. The molecule has 0 aliphatic carbocycles. The Morgan fingerprint density at radius 3 is 2.17 bits per heavy atom. The summed E-state index contributed by atoms with van der Waals surface area (Å²) in [5.41, 5.74) is 1.11. The van der Waals surface area contributed by atoms with E-state index < -0.39 is 11.9 Å². The molecule has 0 fully saturated rings. The molecule has 1 aromatic rings. The molecule has 0 saturated carbocycles. The zero-order valence-electron chi connectivity index (χ0n) is 15.0. The average Bonchev–Trinajstić information content (AvgIpc) is 2.56. The molecule has 0 aliphatic rings. The Kier molecular flexibility index (Phi) is 8.51. The van der Waals surface area contributed by atoms with E-state index in [1.54, 1.807) is 6.07 Å². The van der Waals surface area contributed by atoms with Crippen LogP contribution >= 0.6 is 0 Å². The molecule has 1 aromatic carbocycles. The van der Waals surface area contributed by atoms with Gasteiger partial charge in [0.15, 0.2) is 0 Å². The van der Waals surface area contributed by atoms with Gasteiger partial charge < -0.3 is 19.8 Å². The molecule has 0 aromatic heterocycles. The van der Waals surface area contributed by atoms with Crippen LogP contribution in [0.2, 0.25) is 0 Å². The fourth-order valence-corrected chi connectivity index (χ4v) is 3.16. The quantitative estimate of drug-likeness (QED) is 0.623. The summed E-state index contributed by atoms with van der Waals surface area (Å²) in [4.78, 5) is 23.0. The molecule has 0 radical (unpaired) electrons. The maximum atomic E-state index is 11.7. The van der Waals surface area contributed by atoms with Crippen LogP contribution in [0.4, 0.5) is 0 Å². The minimum atomic E-state index is -1.46. The zero-order valence-corrected chi connectivity index (χ0v) is 15.0. The molecule has 0 amide bonds. The molecule has 0 N–H and O–H groups in total. The van der Waals surface area contributed by atoms with E-state index in [4.69, 9.17) is 0 Å². The van der Waals surface area contributed by atoms with Crippen molar-refractivity contribution in [1.82, 2.24) is 0 Å². The molecule has 4 nitrogen and oxygen atoms in total. The number of carbonyl (C=O) groups excluding carboxylic acids is 2. The zero-order chi connectivity index (χ0) is 18.1. The van der Waals surface area contributed by atoms with Crippen molar-refractivity contribution in [2.75, 3.05) is 0 Å².